The van der Waals surface area contributed by atoms with Gasteiger partial charge in [0.2, 0.25) is 5.82 Å². The quantitative estimate of drug-likeness (QED) is 0.388. The molecule has 0 aromatic carbocycles. The van der Waals surface area contributed by atoms with Crippen LogP contribution in [0.5, 0.6) is 0 Å². The number of nitro groups is 1. The number of nitrogens with zero attached hydrogens (tertiary/aromatic N) is 4. The highest BCUT2D eigenvalue weighted by molar-refractivity contribution is 5.77. The van der Waals surface area contributed by atoms with Crippen LogP contribution in [0, 0.1) is 10.1 Å². The van der Waals surface area contributed by atoms with Crippen molar-refractivity contribution in [2.45, 2.75) is 6.04 Å². The molecule has 1 aromatic heterocycles. The number of carbonyl (C=O) groups excluding carboxylic acids is 1. The van der Waals surface area contributed by atoms with E-state index in [1.54, 1.807) is 4.90 Å². The van der Waals surface area contributed by atoms with Crippen LogP contribution in [-0.4, -0.2) is 53.1 Å². The topological polar surface area (TPSA) is 130 Å². The van der Waals surface area contributed by atoms with E-state index >= 15 is 0 Å². The Balaban J connectivity index is 1.89. The van der Waals surface area contributed by atoms with Crippen molar-refractivity contribution in [2.75, 3.05) is 36.5 Å². The maximum atomic E-state index is 11.6. The fourth-order valence-corrected chi connectivity index (χ4v) is 2.69. The first-order valence-electron chi connectivity index (χ1n) is 6.51. The van der Waals surface area contributed by atoms with Gasteiger partial charge in [0.15, 0.2) is 0 Å². The zero-order valence-corrected chi connectivity index (χ0v) is 11.2. The number of carbonyl (C=O) groups is 1. The third kappa shape index (κ3) is 2.29. The van der Waals surface area contributed by atoms with Crippen LogP contribution in [0.1, 0.15) is 0 Å². The fourth-order valence-electron chi connectivity index (χ4n) is 2.69. The summed E-state index contributed by atoms with van der Waals surface area (Å²) in [6.07, 6.45) is 0. The lowest BCUT2D eigenvalue weighted by Crippen LogP contribution is -2.52. The number of hydrogen-bond acceptors (Lipinski definition) is 7. The van der Waals surface area contributed by atoms with Crippen LogP contribution >= 0.6 is 0 Å². The molecule has 112 valence electrons. The Kier molecular flexibility index (Phi) is 3.22. The molecule has 1 aromatic rings. The van der Waals surface area contributed by atoms with Crippen LogP contribution in [-0.2, 0) is 0 Å². The van der Waals surface area contributed by atoms with Crippen molar-refractivity contribution in [1.29, 1.82) is 0 Å². The smallest absolute Gasteiger partial charge is 0.317 e. The van der Waals surface area contributed by atoms with Gasteiger partial charge in [0.05, 0.1) is 11.0 Å². The third-order valence-electron chi connectivity index (χ3n) is 3.73. The Labute approximate surface area is 120 Å². The van der Waals surface area contributed by atoms with E-state index in [9.17, 15) is 14.9 Å². The molecule has 0 aliphatic carbocycles. The number of aromatic nitrogens is 1. The van der Waals surface area contributed by atoms with Crippen LogP contribution in [0.25, 0.3) is 0 Å². The largest absolute Gasteiger partial charge is 0.347 e. The lowest BCUT2D eigenvalue weighted by molar-refractivity contribution is -0.384. The van der Waals surface area contributed by atoms with Crippen LogP contribution in [0.4, 0.5) is 22.1 Å². The third-order valence-corrected chi connectivity index (χ3v) is 3.73. The summed E-state index contributed by atoms with van der Waals surface area (Å²) in [4.78, 5) is 30.0. The second-order valence-corrected chi connectivity index (χ2v) is 4.92. The number of hydrogen-bond donors (Lipinski definition) is 3. The minimum absolute atomic E-state index is 0.00199. The molecule has 1 atom stereocenters. The highest BCUT2D eigenvalue weighted by Gasteiger charge is 2.37. The summed E-state index contributed by atoms with van der Waals surface area (Å²) in [7, 11) is 0. The highest BCUT2D eigenvalue weighted by atomic mass is 16.6. The second-order valence-electron chi connectivity index (χ2n) is 4.92. The molecule has 0 radical (unpaired) electrons. The summed E-state index contributed by atoms with van der Waals surface area (Å²) >= 11 is 0. The zero-order valence-electron chi connectivity index (χ0n) is 11.2. The van der Waals surface area contributed by atoms with Gasteiger partial charge in [-0.1, -0.05) is 0 Å². The zero-order chi connectivity index (χ0) is 15.0. The van der Waals surface area contributed by atoms with Gasteiger partial charge in [0.1, 0.15) is 5.82 Å². The molecule has 2 amide bonds. The number of nitrogens with one attached hydrogen (secondary N) is 2. The molecule has 10 nitrogen and oxygen atoms in total. The van der Waals surface area contributed by atoms with E-state index in [1.807, 2.05) is 4.90 Å². The number of piperazine rings is 1. The monoisotopic (exact) mass is 293 g/mol. The average molecular weight is 293 g/mol. The van der Waals surface area contributed by atoms with Crippen molar-refractivity contribution >= 4 is 23.4 Å². The summed E-state index contributed by atoms with van der Waals surface area (Å²) in [5.74, 6) is 5.95. The number of rotatable bonds is 3. The van der Waals surface area contributed by atoms with Gasteiger partial charge in [-0.05, 0) is 6.07 Å². The van der Waals surface area contributed by atoms with Crippen molar-refractivity contribution in [3.63, 3.8) is 0 Å². The lowest BCUT2D eigenvalue weighted by atomic mass is 10.2. The van der Waals surface area contributed by atoms with Crippen LogP contribution in [0.15, 0.2) is 12.1 Å². The molecular formula is C11H15N7O3. The molecule has 2 aliphatic heterocycles. The molecule has 0 bridgehead atoms. The van der Waals surface area contributed by atoms with Crippen molar-refractivity contribution in [2.24, 2.45) is 5.84 Å². The maximum absolute atomic E-state index is 11.6. The second kappa shape index (κ2) is 5.05. The van der Waals surface area contributed by atoms with Crippen molar-refractivity contribution in [1.82, 2.24) is 15.2 Å². The first-order valence-corrected chi connectivity index (χ1v) is 6.51. The van der Waals surface area contributed by atoms with Crippen molar-refractivity contribution < 1.29 is 9.72 Å². The predicted octanol–water partition coefficient (Wildman–Crippen LogP) is -0.511. The van der Waals surface area contributed by atoms with E-state index in [0.717, 1.165) is 0 Å². The highest BCUT2D eigenvalue weighted by Crippen LogP contribution is 2.29. The van der Waals surface area contributed by atoms with Gasteiger partial charge >= 0.3 is 11.7 Å². The van der Waals surface area contributed by atoms with Crippen molar-refractivity contribution in [3.05, 3.63) is 22.2 Å². The standard InChI is InChI=1S/C11H15N7O3/c12-15-9-2-1-8(18(20)21)10(14-9)16-3-4-17-7(6-16)5-13-11(17)19/h1-2,7H,3-6,12H2,(H,13,19)(H,14,15). The first kappa shape index (κ1) is 13.4. The molecule has 2 aliphatic rings. The van der Waals surface area contributed by atoms with Gasteiger partial charge in [0, 0.05) is 32.2 Å². The Morgan fingerprint density at radius 2 is 2.29 bits per heavy atom. The number of amides is 2. The SMILES string of the molecule is NNc1ccc([N+](=O)[O-])c(N2CCN3C(=O)NCC3C2)n1. The first-order chi connectivity index (χ1) is 10.1. The minimum Gasteiger partial charge on any atom is -0.347 e. The van der Waals surface area contributed by atoms with Gasteiger partial charge in [-0.3, -0.25) is 10.1 Å². The predicted molar refractivity (Wildman–Crippen MR) is 74.8 cm³/mol. The Bertz CT molecular complexity index is 593. The summed E-state index contributed by atoms with van der Waals surface area (Å²) in [5, 5.41) is 13.9. The Hall–Kier alpha value is -2.62. The van der Waals surface area contributed by atoms with E-state index in [1.165, 1.54) is 12.1 Å². The molecule has 2 fully saturated rings. The summed E-state index contributed by atoms with van der Waals surface area (Å²) in [6, 6.07) is 2.75. The average Bonchev–Trinajstić information content (AvgIpc) is 2.87. The number of pyridine rings is 1. The van der Waals surface area contributed by atoms with Crippen LogP contribution in [0.3, 0.4) is 0 Å². The minimum atomic E-state index is -0.465. The normalized spacial score (nSPS) is 21.0. The van der Waals surface area contributed by atoms with Gasteiger partial charge in [-0.15, -0.1) is 0 Å². The Morgan fingerprint density at radius 1 is 1.48 bits per heavy atom. The Morgan fingerprint density at radius 3 is 3.00 bits per heavy atom. The molecule has 2 saturated heterocycles. The summed E-state index contributed by atoms with van der Waals surface area (Å²) in [5.41, 5.74) is 2.32. The molecule has 0 saturated carbocycles. The van der Waals surface area contributed by atoms with E-state index in [0.29, 0.717) is 32.0 Å². The summed E-state index contributed by atoms with van der Waals surface area (Å²) in [6.45, 7) is 2.04. The van der Waals surface area contributed by atoms with Gasteiger partial charge in [-0.2, -0.15) is 0 Å². The van der Waals surface area contributed by atoms with Gasteiger partial charge in [-0.25, -0.2) is 15.6 Å². The van der Waals surface area contributed by atoms with E-state index < -0.39 is 4.92 Å². The molecule has 21 heavy (non-hydrogen) atoms. The molecular weight excluding hydrogens is 278 g/mol. The number of urea groups is 1. The van der Waals surface area contributed by atoms with E-state index in [-0.39, 0.29) is 23.6 Å². The number of anilines is 2. The molecule has 3 heterocycles. The molecule has 10 heteroatoms. The summed E-state index contributed by atoms with van der Waals surface area (Å²) < 4.78 is 0. The lowest BCUT2D eigenvalue weighted by Gasteiger charge is -2.36. The molecule has 3 rings (SSSR count). The number of nitrogens with two attached hydrogens (primary N) is 1. The maximum Gasteiger partial charge on any atom is 0.317 e. The molecule has 4 N–H and O–H groups in total. The van der Waals surface area contributed by atoms with Crippen molar-refractivity contribution in [3.8, 4) is 0 Å². The van der Waals surface area contributed by atoms with E-state index in [2.05, 4.69) is 15.7 Å². The van der Waals surface area contributed by atoms with Gasteiger partial charge < -0.3 is 20.5 Å². The fraction of sp³-hybridized carbons (Fsp3) is 0.455. The molecule has 0 spiro atoms. The number of hydrazine groups is 1. The van der Waals surface area contributed by atoms with Crippen LogP contribution < -0.4 is 21.5 Å². The number of nitrogen functional groups attached to an aromatic ring is 1. The van der Waals surface area contributed by atoms with E-state index in [4.69, 9.17) is 5.84 Å². The van der Waals surface area contributed by atoms with Crippen LogP contribution in [0.2, 0.25) is 0 Å². The molecule has 1 unspecified atom stereocenters. The number of fused-ring (bicyclic) bond motifs is 1. The van der Waals surface area contributed by atoms with Gasteiger partial charge in [0.25, 0.3) is 0 Å².